The van der Waals surface area contributed by atoms with Gasteiger partial charge in [0, 0.05) is 23.2 Å². The van der Waals surface area contributed by atoms with Crippen LogP contribution in [-0.4, -0.2) is 0 Å². The van der Waals surface area contributed by atoms with Crippen molar-refractivity contribution in [1.82, 2.24) is 0 Å². The summed E-state index contributed by atoms with van der Waals surface area (Å²) in [4.78, 5) is 0. The van der Waals surface area contributed by atoms with Crippen molar-refractivity contribution in [1.29, 1.82) is 0 Å². The van der Waals surface area contributed by atoms with Gasteiger partial charge >= 0.3 is 0 Å². The molecule has 0 saturated carbocycles. The van der Waals surface area contributed by atoms with Gasteiger partial charge in [0.1, 0.15) is 0 Å². The van der Waals surface area contributed by atoms with Gasteiger partial charge in [0.15, 0.2) is 0 Å². The van der Waals surface area contributed by atoms with Gasteiger partial charge < -0.3 is 0 Å². The number of hydrogen-bond donors (Lipinski definition) is 0. The molecule has 286 valence electrons. The van der Waals surface area contributed by atoms with E-state index in [1.165, 1.54) is 94.6 Å². The molecule has 0 heterocycles. The van der Waals surface area contributed by atoms with E-state index in [2.05, 4.69) is 226 Å². The van der Waals surface area contributed by atoms with E-state index in [1.54, 1.807) is 0 Å². The van der Waals surface area contributed by atoms with Crippen LogP contribution in [0.1, 0.15) is 75.8 Å². The van der Waals surface area contributed by atoms with Gasteiger partial charge in [0.2, 0.25) is 0 Å². The molecule has 8 aromatic rings. The Balaban J connectivity index is 0.959. The fourth-order valence-electron chi connectivity index (χ4n) is 11.9. The molecular formula is C60H46. The Kier molecular flexibility index (Phi) is 7.85. The summed E-state index contributed by atoms with van der Waals surface area (Å²) in [6.07, 6.45) is 10.4. The van der Waals surface area contributed by atoms with Crippen LogP contribution < -0.4 is 0 Å². The van der Waals surface area contributed by atoms with Crippen molar-refractivity contribution in [2.45, 2.75) is 42.9 Å². The minimum absolute atomic E-state index is 0.0535. The molecule has 0 saturated heterocycles. The zero-order valence-corrected chi connectivity index (χ0v) is 34.1. The maximum atomic E-state index is 2.52. The highest BCUT2D eigenvalue weighted by atomic mass is 14.6. The predicted molar refractivity (Wildman–Crippen MR) is 250 cm³/mol. The van der Waals surface area contributed by atoms with Crippen LogP contribution in [0.4, 0.5) is 0 Å². The fourth-order valence-corrected chi connectivity index (χ4v) is 11.9. The van der Waals surface area contributed by atoms with E-state index in [1.807, 2.05) is 0 Å². The van der Waals surface area contributed by atoms with E-state index in [4.69, 9.17) is 0 Å². The molecule has 0 aromatic heterocycles. The molecular weight excluding hydrogens is 721 g/mol. The van der Waals surface area contributed by atoms with Crippen LogP contribution in [0, 0.1) is 5.92 Å². The standard InChI is InChI=1S/C60H46/c1-59(2)53-23-10-6-17-46(53)50-36-35-44(38-57(50)59)52(43-33-31-41(32-34-43)40-15-4-3-5-16-40)37-39-27-29-42(30-28-39)45-21-14-22-51-49-20-9-13-26-56(49)60(58(45)51)54-24-11-7-18-47(54)48-19-8-12-25-55(48)60/h3-36,38,49,52,56H,37H2,1-2H3. The SMILES string of the molecule is CC1(C)c2ccccc2-c2ccc(C(Cc3ccc(-c4cccc5c4C4(c6ccccc6-c6ccccc64)C4C=CC=CC54)cc3)c3ccc(-c4ccccc4)cc3)cc21. The Morgan fingerprint density at radius 1 is 0.433 bits per heavy atom. The average molecular weight is 767 g/mol. The second-order valence-corrected chi connectivity index (χ2v) is 17.9. The molecule has 0 aliphatic heterocycles. The highest BCUT2D eigenvalue weighted by Gasteiger charge is 2.57. The Hall–Kier alpha value is -6.76. The fraction of sp³-hybridized carbons (Fsp3) is 0.133. The lowest BCUT2D eigenvalue weighted by atomic mass is 9.64. The van der Waals surface area contributed by atoms with Gasteiger partial charge in [-0.1, -0.05) is 226 Å². The van der Waals surface area contributed by atoms with E-state index in [-0.39, 0.29) is 16.7 Å². The Morgan fingerprint density at radius 3 is 1.70 bits per heavy atom. The molecule has 60 heavy (non-hydrogen) atoms. The molecule has 4 aliphatic rings. The summed E-state index contributed by atoms with van der Waals surface area (Å²) in [5, 5.41) is 0. The number of rotatable bonds is 6. The van der Waals surface area contributed by atoms with Gasteiger partial charge in [0.25, 0.3) is 0 Å². The molecule has 0 heteroatoms. The first-order valence-electron chi connectivity index (χ1n) is 21.7. The lowest BCUT2D eigenvalue weighted by Gasteiger charge is -2.37. The summed E-state index contributed by atoms with van der Waals surface area (Å²) in [5.41, 5.74) is 23.0. The minimum atomic E-state index is -0.262. The highest BCUT2D eigenvalue weighted by molar-refractivity contribution is 5.89. The van der Waals surface area contributed by atoms with E-state index in [0.717, 1.165) is 6.42 Å². The Bertz CT molecular complexity index is 2980. The molecule has 4 aliphatic carbocycles. The molecule has 0 nitrogen and oxygen atoms in total. The van der Waals surface area contributed by atoms with E-state index in [0.29, 0.717) is 11.8 Å². The van der Waals surface area contributed by atoms with Crippen molar-refractivity contribution in [2.24, 2.45) is 5.92 Å². The average Bonchev–Trinajstić information content (AvgIpc) is 3.87. The van der Waals surface area contributed by atoms with Gasteiger partial charge in [-0.25, -0.2) is 0 Å². The third-order valence-corrected chi connectivity index (χ3v) is 14.6. The van der Waals surface area contributed by atoms with E-state index >= 15 is 0 Å². The summed E-state index contributed by atoms with van der Waals surface area (Å²) >= 11 is 0. The molecule has 3 atom stereocenters. The third kappa shape index (κ3) is 5.04. The van der Waals surface area contributed by atoms with Gasteiger partial charge in [-0.05, 0) is 101 Å². The second-order valence-electron chi connectivity index (χ2n) is 17.9. The predicted octanol–water partition coefficient (Wildman–Crippen LogP) is 14.9. The quantitative estimate of drug-likeness (QED) is 0.158. The Labute approximate surface area is 354 Å². The van der Waals surface area contributed by atoms with Crippen LogP contribution in [0.25, 0.3) is 44.5 Å². The first kappa shape index (κ1) is 35.2. The van der Waals surface area contributed by atoms with Crippen LogP contribution in [0.5, 0.6) is 0 Å². The number of fused-ring (bicyclic) bond motifs is 13. The monoisotopic (exact) mass is 766 g/mol. The molecule has 0 N–H and O–H groups in total. The summed E-state index contributed by atoms with van der Waals surface area (Å²) in [6.45, 7) is 4.77. The molecule has 0 fully saturated rings. The molecule has 0 amide bonds. The zero-order chi connectivity index (χ0) is 40.0. The first-order chi connectivity index (χ1) is 29.5. The van der Waals surface area contributed by atoms with Crippen molar-refractivity contribution in [3.63, 3.8) is 0 Å². The van der Waals surface area contributed by atoms with Crippen molar-refractivity contribution in [3.8, 4) is 44.5 Å². The summed E-state index contributed by atoms with van der Waals surface area (Å²) in [5.74, 6) is 0.826. The van der Waals surface area contributed by atoms with Gasteiger partial charge in [-0.3, -0.25) is 0 Å². The van der Waals surface area contributed by atoms with Gasteiger partial charge in [-0.2, -0.15) is 0 Å². The Morgan fingerprint density at radius 2 is 0.983 bits per heavy atom. The molecule has 3 unspecified atom stereocenters. The first-order valence-corrected chi connectivity index (χ1v) is 21.7. The second kappa shape index (κ2) is 13.4. The summed E-state index contributed by atoms with van der Waals surface area (Å²) < 4.78 is 0. The molecule has 0 bridgehead atoms. The van der Waals surface area contributed by atoms with Crippen LogP contribution in [-0.2, 0) is 17.3 Å². The number of hydrogen-bond acceptors (Lipinski definition) is 0. The van der Waals surface area contributed by atoms with Crippen LogP contribution in [0.3, 0.4) is 0 Å². The van der Waals surface area contributed by atoms with Crippen molar-refractivity contribution >= 4 is 0 Å². The van der Waals surface area contributed by atoms with Crippen LogP contribution >= 0.6 is 0 Å². The summed E-state index contributed by atoms with van der Waals surface area (Å²) in [7, 11) is 0. The third-order valence-electron chi connectivity index (χ3n) is 14.6. The molecule has 1 spiro atoms. The maximum absolute atomic E-state index is 2.52. The minimum Gasteiger partial charge on any atom is -0.0789 e. The largest absolute Gasteiger partial charge is 0.0789 e. The summed E-state index contributed by atoms with van der Waals surface area (Å²) in [6, 6.07) is 71.4. The van der Waals surface area contributed by atoms with Crippen molar-refractivity contribution < 1.29 is 0 Å². The molecule has 0 radical (unpaired) electrons. The number of benzene rings is 8. The van der Waals surface area contributed by atoms with Crippen molar-refractivity contribution in [2.75, 3.05) is 0 Å². The van der Waals surface area contributed by atoms with E-state index < -0.39 is 0 Å². The van der Waals surface area contributed by atoms with Crippen molar-refractivity contribution in [3.05, 3.63) is 262 Å². The number of allylic oxidation sites excluding steroid dienone is 4. The lowest BCUT2D eigenvalue weighted by molar-refractivity contribution is 0.466. The molecule has 12 rings (SSSR count). The van der Waals surface area contributed by atoms with E-state index in [9.17, 15) is 0 Å². The zero-order valence-electron chi connectivity index (χ0n) is 34.1. The van der Waals surface area contributed by atoms with Crippen LogP contribution in [0.2, 0.25) is 0 Å². The normalized spacial score (nSPS) is 18.3. The van der Waals surface area contributed by atoms with Gasteiger partial charge in [0.05, 0.1) is 5.41 Å². The van der Waals surface area contributed by atoms with Crippen LogP contribution in [0.15, 0.2) is 212 Å². The lowest BCUT2D eigenvalue weighted by Crippen LogP contribution is -2.33. The molecule has 8 aromatic carbocycles. The maximum Gasteiger partial charge on any atom is 0.0544 e. The smallest absolute Gasteiger partial charge is 0.0544 e. The highest BCUT2D eigenvalue weighted by Crippen LogP contribution is 2.66. The topological polar surface area (TPSA) is 0 Å². The van der Waals surface area contributed by atoms with Gasteiger partial charge in [-0.15, -0.1) is 0 Å².